The topological polar surface area (TPSA) is 18.5 Å². The molecule has 1 unspecified atom stereocenters. The summed E-state index contributed by atoms with van der Waals surface area (Å²) in [5, 5.41) is 3.63. The number of nitrogens with one attached hydrogen (secondary N) is 1. The number of nitrogens with zero attached hydrogens (tertiary/aromatic N) is 2. The number of hydrogen-bond donors (Lipinski definition) is 1. The third-order valence-electron chi connectivity index (χ3n) is 4.34. The Morgan fingerprint density at radius 1 is 1.24 bits per heavy atom. The van der Waals surface area contributed by atoms with Crippen LogP contribution in [0.4, 0.5) is 5.69 Å². The second-order valence-corrected chi connectivity index (χ2v) is 7.51. The Bertz CT molecular complexity index is 476. The summed E-state index contributed by atoms with van der Waals surface area (Å²) in [4.78, 5) is 4.99. The normalized spacial score (nSPS) is 20.9. The lowest BCUT2D eigenvalue weighted by Crippen LogP contribution is -2.50. The summed E-state index contributed by atoms with van der Waals surface area (Å²) in [7, 11) is 2.22. The van der Waals surface area contributed by atoms with Crippen molar-refractivity contribution in [1.82, 2.24) is 10.2 Å². The molecule has 1 aromatic carbocycles. The van der Waals surface area contributed by atoms with Gasteiger partial charge in [0.15, 0.2) is 0 Å². The molecule has 0 spiro atoms. The molecule has 0 aliphatic carbocycles. The summed E-state index contributed by atoms with van der Waals surface area (Å²) >= 11 is 0. The second-order valence-electron chi connectivity index (χ2n) is 7.51. The molecule has 0 radical (unpaired) electrons. The number of hydrogen-bond acceptors (Lipinski definition) is 3. The highest BCUT2D eigenvalue weighted by molar-refractivity contribution is 5.55. The smallest absolute Gasteiger partial charge is 0.0413 e. The van der Waals surface area contributed by atoms with Crippen molar-refractivity contribution >= 4 is 5.69 Å². The van der Waals surface area contributed by atoms with Gasteiger partial charge in [0, 0.05) is 43.4 Å². The summed E-state index contributed by atoms with van der Waals surface area (Å²) in [5.74, 6) is 0. The van der Waals surface area contributed by atoms with E-state index in [9.17, 15) is 0 Å². The molecule has 1 aliphatic heterocycles. The van der Waals surface area contributed by atoms with Crippen molar-refractivity contribution in [3.63, 3.8) is 0 Å². The van der Waals surface area contributed by atoms with Crippen molar-refractivity contribution in [2.45, 2.75) is 52.7 Å². The molecule has 2 rings (SSSR count). The van der Waals surface area contributed by atoms with E-state index in [4.69, 9.17) is 0 Å². The Balaban J connectivity index is 2.18. The predicted molar refractivity (Wildman–Crippen MR) is 92.1 cm³/mol. The van der Waals surface area contributed by atoms with Gasteiger partial charge in [-0.3, -0.25) is 0 Å². The van der Waals surface area contributed by atoms with Crippen molar-refractivity contribution in [3.8, 4) is 0 Å². The van der Waals surface area contributed by atoms with E-state index < -0.39 is 0 Å². The van der Waals surface area contributed by atoms with E-state index in [0.717, 1.165) is 26.2 Å². The summed E-state index contributed by atoms with van der Waals surface area (Å²) in [6.07, 6.45) is 0. The average Bonchev–Trinajstić information content (AvgIpc) is 2.39. The monoisotopic (exact) mass is 289 g/mol. The van der Waals surface area contributed by atoms with Crippen molar-refractivity contribution in [1.29, 1.82) is 0 Å². The van der Waals surface area contributed by atoms with Crippen LogP contribution in [0.3, 0.4) is 0 Å². The number of aryl methyl sites for hydroxylation is 1. The van der Waals surface area contributed by atoms with E-state index in [1.54, 1.807) is 0 Å². The van der Waals surface area contributed by atoms with E-state index in [-0.39, 0.29) is 5.54 Å². The van der Waals surface area contributed by atoms with Gasteiger partial charge in [-0.25, -0.2) is 0 Å². The van der Waals surface area contributed by atoms with Crippen LogP contribution in [0, 0.1) is 6.92 Å². The molecule has 1 heterocycles. The molecule has 118 valence electrons. The van der Waals surface area contributed by atoms with Crippen molar-refractivity contribution in [2.75, 3.05) is 31.6 Å². The zero-order valence-electron chi connectivity index (χ0n) is 14.5. The SMILES string of the molecule is Cc1ccc(N2CCN(C)C(C)C2)c(CNC(C)(C)C)c1. The van der Waals surface area contributed by atoms with Crippen LogP contribution < -0.4 is 10.2 Å². The molecule has 1 atom stereocenters. The molecule has 1 saturated heterocycles. The maximum atomic E-state index is 3.63. The second kappa shape index (κ2) is 6.37. The average molecular weight is 289 g/mol. The predicted octanol–water partition coefficient (Wildman–Crippen LogP) is 3.02. The van der Waals surface area contributed by atoms with Crippen molar-refractivity contribution in [3.05, 3.63) is 29.3 Å². The minimum atomic E-state index is 0.149. The van der Waals surface area contributed by atoms with Crippen molar-refractivity contribution < 1.29 is 0 Å². The Kier molecular flexibility index (Phi) is 4.95. The number of benzene rings is 1. The quantitative estimate of drug-likeness (QED) is 0.923. The van der Waals surface area contributed by atoms with Gasteiger partial charge in [-0.05, 0) is 53.3 Å². The molecule has 1 aliphatic rings. The summed E-state index contributed by atoms with van der Waals surface area (Å²) in [6.45, 7) is 15.5. The van der Waals surface area contributed by atoms with E-state index in [1.165, 1.54) is 16.8 Å². The summed E-state index contributed by atoms with van der Waals surface area (Å²) in [6, 6.07) is 7.48. The van der Waals surface area contributed by atoms with E-state index in [1.807, 2.05) is 0 Å². The molecule has 0 aromatic heterocycles. The van der Waals surface area contributed by atoms with Gasteiger partial charge in [-0.15, -0.1) is 0 Å². The maximum absolute atomic E-state index is 3.63. The number of anilines is 1. The first-order valence-electron chi connectivity index (χ1n) is 8.06. The molecule has 1 aromatic rings. The Morgan fingerprint density at radius 2 is 1.95 bits per heavy atom. The highest BCUT2D eigenvalue weighted by Crippen LogP contribution is 2.25. The van der Waals surface area contributed by atoms with Gasteiger partial charge in [0.05, 0.1) is 0 Å². The van der Waals surface area contributed by atoms with Gasteiger partial charge in [0.25, 0.3) is 0 Å². The third kappa shape index (κ3) is 4.45. The Labute approximate surface area is 130 Å². The molecular weight excluding hydrogens is 258 g/mol. The molecule has 0 saturated carbocycles. The number of likely N-dealkylation sites (N-methyl/N-ethyl adjacent to an activating group) is 1. The molecule has 3 nitrogen and oxygen atoms in total. The molecule has 1 fully saturated rings. The van der Waals surface area contributed by atoms with Crippen LogP contribution in [0.25, 0.3) is 0 Å². The van der Waals surface area contributed by atoms with Crippen LogP contribution in [0.15, 0.2) is 18.2 Å². The minimum Gasteiger partial charge on any atom is -0.368 e. The minimum absolute atomic E-state index is 0.149. The lowest BCUT2D eigenvalue weighted by molar-refractivity contribution is 0.234. The highest BCUT2D eigenvalue weighted by Gasteiger charge is 2.22. The van der Waals surface area contributed by atoms with Crippen LogP contribution in [0.5, 0.6) is 0 Å². The number of piperazine rings is 1. The lowest BCUT2D eigenvalue weighted by atomic mass is 10.0. The van der Waals surface area contributed by atoms with Gasteiger partial charge in [-0.1, -0.05) is 17.7 Å². The molecule has 0 amide bonds. The number of rotatable bonds is 3. The van der Waals surface area contributed by atoms with Crippen LogP contribution >= 0.6 is 0 Å². The Morgan fingerprint density at radius 3 is 2.57 bits per heavy atom. The molecule has 21 heavy (non-hydrogen) atoms. The fourth-order valence-corrected chi connectivity index (χ4v) is 2.79. The summed E-state index contributed by atoms with van der Waals surface area (Å²) in [5.41, 5.74) is 4.31. The van der Waals surface area contributed by atoms with E-state index >= 15 is 0 Å². The molecule has 1 N–H and O–H groups in total. The van der Waals surface area contributed by atoms with Crippen LogP contribution in [0.2, 0.25) is 0 Å². The summed E-state index contributed by atoms with van der Waals surface area (Å²) < 4.78 is 0. The standard InChI is InChI=1S/C18H31N3/c1-14-7-8-17(16(11-14)12-19-18(3,4)5)21-10-9-20(6)15(2)13-21/h7-8,11,15,19H,9-10,12-13H2,1-6H3. The maximum Gasteiger partial charge on any atom is 0.0413 e. The Hall–Kier alpha value is -1.06. The van der Waals surface area contributed by atoms with Crippen molar-refractivity contribution in [2.24, 2.45) is 0 Å². The largest absolute Gasteiger partial charge is 0.368 e. The molecular formula is C18H31N3. The van der Waals surface area contributed by atoms with Crippen LogP contribution in [-0.4, -0.2) is 43.2 Å². The molecule has 0 bridgehead atoms. The van der Waals surface area contributed by atoms with E-state index in [0.29, 0.717) is 6.04 Å². The lowest BCUT2D eigenvalue weighted by Gasteiger charge is -2.40. The van der Waals surface area contributed by atoms with E-state index in [2.05, 4.69) is 75.0 Å². The van der Waals surface area contributed by atoms with Gasteiger partial charge >= 0.3 is 0 Å². The van der Waals surface area contributed by atoms with Gasteiger partial charge in [0.1, 0.15) is 0 Å². The zero-order valence-corrected chi connectivity index (χ0v) is 14.5. The first kappa shape index (κ1) is 16.3. The first-order valence-corrected chi connectivity index (χ1v) is 8.06. The highest BCUT2D eigenvalue weighted by atomic mass is 15.3. The van der Waals surface area contributed by atoms with Crippen LogP contribution in [-0.2, 0) is 6.54 Å². The van der Waals surface area contributed by atoms with Crippen LogP contribution in [0.1, 0.15) is 38.8 Å². The zero-order chi connectivity index (χ0) is 15.6. The fourth-order valence-electron chi connectivity index (χ4n) is 2.79. The van der Waals surface area contributed by atoms with Gasteiger partial charge in [-0.2, -0.15) is 0 Å². The van der Waals surface area contributed by atoms with Gasteiger partial charge in [0.2, 0.25) is 0 Å². The third-order valence-corrected chi connectivity index (χ3v) is 4.34. The first-order chi connectivity index (χ1) is 9.76. The fraction of sp³-hybridized carbons (Fsp3) is 0.667. The molecule has 3 heteroatoms. The van der Waals surface area contributed by atoms with Gasteiger partial charge < -0.3 is 15.1 Å².